The van der Waals surface area contributed by atoms with Crippen LogP contribution in [-0.2, 0) is 24.0 Å². The molecule has 6 aliphatic carbocycles. The van der Waals surface area contributed by atoms with Crippen molar-refractivity contribution in [1.82, 2.24) is 10.6 Å². The molecule has 7 aliphatic heterocycles. The average Bonchev–Trinajstić information content (AvgIpc) is 3.06. The predicted octanol–water partition coefficient (Wildman–Crippen LogP) is 12.0. The summed E-state index contributed by atoms with van der Waals surface area (Å²) in [4.78, 5) is 5.40. The zero-order valence-electron chi connectivity index (χ0n) is 52.3. The maximum atomic E-state index is 13.0. The first-order valence-electron chi connectivity index (χ1n) is 33.9. The van der Waals surface area contributed by atoms with E-state index in [-0.39, 0.29) is 70.1 Å². The molecule has 86 heavy (non-hydrogen) atoms. The van der Waals surface area contributed by atoms with Gasteiger partial charge in [0, 0.05) is 68.2 Å². The smallest absolute Gasteiger partial charge is 0.188 e. The van der Waals surface area contributed by atoms with Crippen LogP contribution in [0.5, 0.6) is 28.7 Å². The van der Waals surface area contributed by atoms with Crippen molar-refractivity contribution in [2.75, 3.05) is 47.0 Å². The molecule has 8 N–H and O–H groups in total. The standard InChI is InChI=1S/C73H100N4O9/c1-6-46-29-48-15-14-47(46)30-53(79)39-72(22-11-21-71(72)24-27-84-73(42-71)23-9-12-45(37-73)40-75-4)43-77-69(74)76-25-18-54-58(41-78)70(19-7-8-20-70)38-50-13-10-26-83-61-17-16-49(34-63(61)86-67(50)54)68-60(81)35-57-62(85-68)36-64(82-5)66-56-32-52(28-44(2)3)59(80)33-51(56)31-55(48)65(57)66/h14-17,32-34,36,44-48,50,53-55,58,60,67-68,75,78-81H,6-9,11-13,18-25,27-31,35,37-43H2,1-5H3,(H3,74,76,77)/t45-,46-,47+,48+,50+,53-,54-,55-,58+,60+,67-,68-,71+,72-,73-/m0/s1. The molecular weight excluding hydrogens is 1080 g/mol. The van der Waals surface area contributed by atoms with E-state index in [2.05, 4.69) is 68.7 Å². The number of fused-ring (bicyclic) bond motifs is 2. The zero-order valence-corrected chi connectivity index (χ0v) is 52.3. The van der Waals surface area contributed by atoms with E-state index in [1.54, 1.807) is 7.11 Å². The molecule has 4 saturated carbocycles. The Bertz CT molecular complexity index is 3080. The fourth-order valence-corrected chi connectivity index (χ4v) is 20.5. The van der Waals surface area contributed by atoms with Crippen LogP contribution in [0, 0.1) is 75.6 Å². The number of phenolic OH excluding ortho intramolecular Hbond substituents is 1. The molecule has 3 aromatic carbocycles. The Kier molecular flexibility index (Phi) is 17.0. The lowest BCUT2D eigenvalue weighted by Gasteiger charge is -2.56. The number of hydrogen-bond acceptors (Lipinski definition) is 13. The maximum Gasteiger partial charge on any atom is 0.188 e. The highest BCUT2D eigenvalue weighted by Crippen LogP contribution is 2.66. The van der Waals surface area contributed by atoms with Gasteiger partial charge in [0.2, 0.25) is 0 Å². The first kappa shape index (κ1) is 60.0. The third kappa shape index (κ3) is 11.0. The van der Waals surface area contributed by atoms with Gasteiger partial charge in [0.05, 0.1) is 24.9 Å². The number of allylic oxidation sites excluding steroid dienone is 2. The topological polar surface area (TPSA) is 190 Å². The van der Waals surface area contributed by atoms with Crippen LogP contribution >= 0.6 is 0 Å². The molecule has 5 fully saturated rings. The molecule has 7 heterocycles. The number of phenols is 1. The molecule has 4 spiro atoms. The number of methoxy groups -OCH3 is 1. The van der Waals surface area contributed by atoms with Crippen molar-refractivity contribution in [2.24, 2.45) is 74.3 Å². The van der Waals surface area contributed by atoms with Gasteiger partial charge in [-0.1, -0.05) is 77.0 Å². The molecule has 0 amide bonds. The van der Waals surface area contributed by atoms with E-state index < -0.39 is 18.3 Å². The van der Waals surface area contributed by atoms with Crippen molar-refractivity contribution in [2.45, 2.75) is 204 Å². The minimum absolute atomic E-state index is 0.000173. The quantitative estimate of drug-likeness (QED) is 0.0877. The highest BCUT2D eigenvalue weighted by molar-refractivity contribution is 5.84. The molecule has 15 atom stereocenters. The Balaban J connectivity index is 0.924. The third-order valence-electron chi connectivity index (χ3n) is 24.3. The van der Waals surface area contributed by atoms with Crippen LogP contribution in [0.1, 0.15) is 189 Å². The predicted molar refractivity (Wildman–Crippen MR) is 337 cm³/mol. The van der Waals surface area contributed by atoms with E-state index in [1.165, 1.54) is 18.4 Å². The molecule has 16 rings (SSSR count). The van der Waals surface area contributed by atoms with Gasteiger partial charge in [-0.05, 0) is 226 Å². The molecule has 0 aromatic heterocycles. The van der Waals surface area contributed by atoms with E-state index in [9.17, 15) is 20.4 Å². The second-order valence-corrected chi connectivity index (χ2v) is 29.6. The van der Waals surface area contributed by atoms with Crippen LogP contribution in [0.25, 0.3) is 11.1 Å². The molecule has 0 unspecified atom stereocenters. The minimum Gasteiger partial charge on any atom is -0.508 e. The molecule has 13 aliphatic rings. The summed E-state index contributed by atoms with van der Waals surface area (Å²) in [5.74, 6) is 8.34. The highest BCUT2D eigenvalue weighted by atomic mass is 16.5. The summed E-state index contributed by atoms with van der Waals surface area (Å²) < 4.78 is 34.3. The number of rotatable bonds is 7. The van der Waals surface area contributed by atoms with Crippen LogP contribution in [-0.4, -0.2) is 97.3 Å². The number of aliphatic hydroxyl groups excluding tert-OH is 3. The molecule has 13 nitrogen and oxygen atoms in total. The Hall–Kier alpha value is -4.97. The minimum atomic E-state index is -0.899. The number of nitrogens with zero attached hydrogens (tertiary/aromatic N) is 1. The lowest BCUT2D eigenvalue weighted by atomic mass is 9.54. The number of guanidine groups is 1. The van der Waals surface area contributed by atoms with E-state index in [0.29, 0.717) is 98.3 Å². The van der Waals surface area contributed by atoms with Gasteiger partial charge in [0.15, 0.2) is 17.5 Å². The Morgan fingerprint density at radius 2 is 1.73 bits per heavy atom. The van der Waals surface area contributed by atoms with Gasteiger partial charge >= 0.3 is 0 Å². The van der Waals surface area contributed by atoms with E-state index >= 15 is 0 Å². The van der Waals surface area contributed by atoms with Gasteiger partial charge in [0.25, 0.3) is 0 Å². The van der Waals surface area contributed by atoms with Crippen molar-refractivity contribution in [3.8, 4) is 51.9 Å². The average molecular weight is 1180 g/mol. The fourth-order valence-electron chi connectivity index (χ4n) is 20.5. The number of nitrogens with two attached hydrogens (primary N) is 1. The highest BCUT2D eigenvalue weighted by Gasteiger charge is 2.61. The monoisotopic (exact) mass is 1180 g/mol. The van der Waals surface area contributed by atoms with Crippen molar-refractivity contribution in [3.05, 3.63) is 76.4 Å². The van der Waals surface area contributed by atoms with Gasteiger partial charge in [-0.3, -0.25) is 4.99 Å². The normalized spacial score (nSPS) is 36.3. The first-order chi connectivity index (χ1) is 41.7. The molecule has 466 valence electrons. The van der Waals surface area contributed by atoms with Gasteiger partial charge in [0.1, 0.15) is 35.6 Å². The molecule has 3 aromatic rings. The van der Waals surface area contributed by atoms with Crippen LogP contribution in [0.3, 0.4) is 0 Å². The summed E-state index contributed by atoms with van der Waals surface area (Å²) in [6.07, 6.45) is 27.1. The molecule has 0 radical (unpaired) electrons. The van der Waals surface area contributed by atoms with Crippen LogP contribution in [0.15, 0.2) is 53.5 Å². The zero-order chi connectivity index (χ0) is 59.5. The number of nitrogens with one attached hydrogen (secondary N) is 2. The van der Waals surface area contributed by atoms with Crippen molar-refractivity contribution >= 4 is 5.96 Å². The van der Waals surface area contributed by atoms with Crippen molar-refractivity contribution < 1.29 is 44.1 Å². The Morgan fingerprint density at radius 3 is 2.53 bits per heavy atom. The second-order valence-electron chi connectivity index (χ2n) is 29.6. The summed E-state index contributed by atoms with van der Waals surface area (Å²) in [6.45, 7) is 9.63. The fraction of sp³-hybridized carbons (Fsp3) is 0.685. The van der Waals surface area contributed by atoms with Crippen LogP contribution in [0.2, 0.25) is 0 Å². The summed E-state index contributed by atoms with van der Waals surface area (Å²) >= 11 is 0. The number of ether oxygens (including phenoxy) is 5. The summed E-state index contributed by atoms with van der Waals surface area (Å²) in [7, 11) is 3.82. The summed E-state index contributed by atoms with van der Waals surface area (Å²) in [5.41, 5.74) is 13.7. The van der Waals surface area contributed by atoms with Crippen molar-refractivity contribution in [3.63, 3.8) is 0 Å². The maximum absolute atomic E-state index is 13.0. The lowest BCUT2D eigenvalue weighted by Crippen LogP contribution is -2.55. The number of aromatic hydroxyl groups is 1. The SMILES string of the molecule is CC[C@H]1C[C@H]2C=C[C@@H]1C[C@H](O)C[C@@]1(CCC[C@]13CCO[C@]1(CCC[C@H](CNC)C1)C3)CN=C(N)NCC[C@@H]1[C@H]3Oc4cc(ccc4OC#CC[C@@H]3CC3(CCCC3)[C@@H]1CO)[C@@H]1Oc3cc(OC)c4c(c3C[C@H]1O)[C@H]2Cc1cc(O)c(CC(C)C)cc1-4. The molecule has 9 bridgehead atoms. The number of benzene rings is 3. The Morgan fingerprint density at radius 1 is 0.895 bits per heavy atom. The molecule has 13 heteroatoms. The Labute approximate surface area is 512 Å². The van der Waals surface area contributed by atoms with Crippen LogP contribution in [0.4, 0.5) is 0 Å². The van der Waals surface area contributed by atoms with Gasteiger partial charge in [-0.15, -0.1) is 0 Å². The van der Waals surface area contributed by atoms with Gasteiger partial charge in [-0.25, -0.2) is 0 Å². The lowest BCUT2D eigenvalue weighted by molar-refractivity contribution is -0.179. The summed E-state index contributed by atoms with van der Waals surface area (Å²) in [5, 5.41) is 56.1. The summed E-state index contributed by atoms with van der Waals surface area (Å²) in [6, 6.07) is 12.1. The van der Waals surface area contributed by atoms with E-state index in [4.69, 9.17) is 34.4 Å². The van der Waals surface area contributed by atoms with E-state index in [1.807, 2.05) is 30.3 Å². The number of aliphatic hydroxyl groups is 3. The first-order valence-corrected chi connectivity index (χ1v) is 33.9. The van der Waals surface area contributed by atoms with Crippen LogP contribution < -0.4 is 35.3 Å². The third-order valence-corrected chi connectivity index (χ3v) is 24.3. The largest absolute Gasteiger partial charge is 0.508 e. The molecular formula is C73H100N4O9. The number of hydrogen-bond donors (Lipinski definition) is 7. The van der Waals surface area contributed by atoms with Gasteiger partial charge < -0.3 is 60.5 Å². The molecule has 1 saturated heterocycles. The van der Waals surface area contributed by atoms with Crippen molar-refractivity contribution in [1.29, 1.82) is 0 Å². The van der Waals surface area contributed by atoms with E-state index in [0.717, 1.165) is 149 Å². The second kappa shape index (κ2) is 24.4. The number of aliphatic imine (C=N–C) groups is 1. The van der Waals surface area contributed by atoms with Gasteiger partial charge in [-0.2, -0.15) is 0 Å².